The molecule has 0 unspecified atom stereocenters. The Balaban J connectivity index is 3.25. The molecule has 1 aromatic carbocycles. The Morgan fingerprint density at radius 3 is 2.75 bits per heavy atom. The van der Waals surface area contributed by atoms with Crippen LogP contribution in [0.15, 0.2) is 18.2 Å². The Hall–Kier alpha value is -1.33. The second-order valence-corrected chi connectivity index (χ2v) is 2.76. The lowest BCUT2D eigenvalue weighted by molar-refractivity contribution is 0.108. The van der Waals surface area contributed by atoms with E-state index in [9.17, 15) is 4.79 Å². The number of benzene rings is 1. The third-order valence-electron chi connectivity index (χ3n) is 1.58. The summed E-state index contributed by atoms with van der Waals surface area (Å²) in [6.45, 7) is 1.81. The summed E-state index contributed by atoms with van der Waals surface area (Å²) in [4.78, 5) is 10.7. The first-order valence-corrected chi connectivity index (χ1v) is 3.73. The van der Waals surface area contributed by atoms with Gasteiger partial charge >= 0.3 is 0 Å². The van der Waals surface area contributed by atoms with Crippen molar-refractivity contribution in [2.75, 3.05) is 0 Å². The third kappa shape index (κ3) is 1.63. The molecule has 12 heavy (non-hydrogen) atoms. The first-order chi connectivity index (χ1) is 5.65. The fraction of sp³-hybridized carbons (Fsp3) is 0.111. The van der Waals surface area contributed by atoms with Gasteiger partial charge in [-0.1, -0.05) is 6.07 Å². The molecule has 3 heteroatoms. The Kier molecular flexibility index (Phi) is 2.47. The van der Waals surface area contributed by atoms with Crippen LogP contribution in [0.5, 0.6) is 0 Å². The van der Waals surface area contributed by atoms with Crippen molar-refractivity contribution in [1.82, 2.24) is 0 Å². The molecule has 0 atom stereocenters. The predicted octanol–water partition coefficient (Wildman–Crippen LogP) is 2.25. The number of rotatable bonds is 1. The minimum Gasteiger partial charge on any atom is -0.276 e. The lowest BCUT2D eigenvalue weighted by Crippen LogP contribution is -1.91. The second kappa shape index (κ2) is 3.38. The first kappa shape index (κ1) is 8.76. The lowest BCUT2D eigenvalue weighted by Gasteiger charge is -1.97. The van der Waals surface area contributed by atoms with Gasteiger partial charge < -0.3 is 0 Å². The van der Waals surface area contributed by atoms with Gasteiger partial charge in [-0.3, -0.25) is 4.79 Å². The van der Waals surface area contributed by atoms with Crippen LogP contribution in [0, 0.1) is 18.3 Å². The summed E-state index contributed by atoms with van der Waals surface area (Å²) in [5, 5.41) is 8.08. The molecule has 0 aromatic heterocycles. The number of nitriles is 1. The maximum absolute atomic E-state index is 10.7. The van der Waals surface area contributed by atoms with Gasteiger partial charge in [0.05, 0.1) is 11.6 Å². The van der Waals surface area contributed by atoms with Gasteiger partial charge in [-0.05, 0) is 36.2 Å². The van der Waals surface area contributed by atoms with Crippen molar-refractivity contribution in [1.29, 1.82) is 5.26 Å². The summed E-state index contributed by atoms with van der Waals surface area (Å²) in [5.74, 6) is 0. The molecule has 1 rings (SSSR count). The average Bonchev–Trinajstić information content (AvgIpc) is 2.05. The zero-order valence-corrected chi connectivity index (χ0v) is 7.22. The molecule has 60 valence electrons. The topological polar surface area (TPSA) is 40.9 Å². The zero-order chi connectivity index (χ0) is 9.14. The van der Waals surface area contributed by atoms with E-state index in [2.05, 4.69) is 0 Å². The van der Waals surface area contributed by atoms with Crippen molar-refractivity contribution >= 4 is 16.8 Å². The second-order valence-electron chi connectivity index (χ2n) is 2.42. The van der Waals surface area contributed by atoms with Crippen LogP contribution in [0.4, 0.5) is 0 Å². The van der Waals surface area contributed by atoms with Crippen LogP contribution in [-0.2, 0) is 0 Å². The van der Waals surface area contributed by atoms with Crippen molar-refractivity contribution in [2.45, 2.75) is 6.92 Å². The van der Waals surface area contributed by atoms with Crippen LogP contribution in [0.3, 0.4) is 0 Å². The molecule has 0 aliphatic heterocycles. The Labute approximate surface area is 75.4 Å². The van der Waals surface area contributed by atoms with Gasteiger partial charge in [-0.25, -0.2) is 0 Å². The number of carbonyl (C=O) groups excluding carboxylic acids is 1. The fourth-order valence-corrected chi connectivity index (χ4v) is 0.982. The van der Waals surface area contributed by atoms with Crippen molar-refractivity contribution in [3.8, 4) is 6.07 Å². The van der Waals surface area contributed by atoms with E-state index in [1.54, 1.807) is 19.1 Å². The highest BCUT2D eigenvalue weighted by molar-refractivity contribution is 6.67. The highest BCUT2D eigenvalue weighted by atomic mass is 35.5. The molecule has 0 bridgehead atoms. The number of hydrogen-bond acceptors (Lipinski definition) is 2. The van der Waals surface area contributed by atoms with E-state index in [-0.39, 0.29) is 0 Å². The number of aryl methyl sites for hydroxylation is 1. The summed E-state index contributed by atoms with van der Waals surface area (Å²) in [7, 11) is 0. The van der Waals surface area contributed by atoms with E-state index in [4.69, 9.17) is 16.9 Å². The van der Waals surface area contributed by atoms with Gasteiger partial charge in [0.25, 0.3) is 5.24 Å². The van der Waals surface area contributed by atoms with Crippen LogP contribution in [-0.4, -0.2) is 5.24 Å². The van der Waals surface area contributed by atoms with Gasteiger partial charge in [-0.2, -0.15) is 5.26 Å². The first-order valence-electron chi connectivity index (χ1n) is 3.35. The molecule has 0 heterocycles. The van der Waals surface area contributed by atoms with E-state index < -0.39 is 5.24 Å². The molecule has 0 N–H and O–H groups in total. The predicted molar refractivity (Wildman–Crippen MR) is 46.1 cm³/mol. The molecule has 2 nitrogen and oxygen atoms in total. The van der Waals surface area contributed by atoms with Crippen LogP contribution in [0.25, 0.3) is 0 Å². The van der Waals surface area contributed by atoms with Gasteiger partial charge in [0.2, 0.25) is 0 Å². The third-order valence-corrected chi connectivity index (χ3v) is 1.80. The Morgan fingerprint density at radius 2 is 2.25 bits per heavy atom. The van der Waals surface area contributed by atoms with E-state index >= 15 is 0 Å². The number of nitrogens with zero attached hydrogens (tertiary/aromatic N) is 1. The van der Waals surface area contributed by atoms with E-state index in [1.165, 1.54) is 6.07 Å². The van der Waals surface area contributed by atoms with E-state index in [0.29, 0.717) is 11.1 Å². The van der Waals surface area contributed by atoms with Crippen LogP contribution < -0.4 is 0 Å². The molecule has 1 aromatic rings. The van der Waals surface area contributed by atoms with Crippen LogP contribution in [0.1, 0.15) is 21.5 Å². The molecule has 0 saturated carbocycles. The molecule has 0 amide bonds. The normalized spacial score (nSPS) is 9.08. The van der Waals surface area contributed by atoms with Crippen LogP contribution in [0.2, 0.25) is 0 Å². The number of halogens is 1. The molecule has 0 saturated heterocycles. The maximum Gasteiger partial charge on any atom is 0.252 e. The van der Waals surface area contributed by atoms with Crippen molar-refractivity contribution in [3.05, 3.63) is 34.9 Å². The molecule has 0 aliphatic rings. The highest BCUT2D eigenvalue weighted by Crippen LogP contribution is 2.11. The maximum atomic E-state index is 10.7. The highest BCUT2D eigenvalue weighted by Gasteiger charge is 2.03. The Bertz CT molecular complexity index is 365. The van der Waals surface area contributed by atoms with Crippen molar-refractivity contribution in [2.24, 2.45) is 0 Å². The number of carbonyl (C=O) groups is 1. The summed E-state index contributed by atoms with van der Waals surface area (Å²) in [5.41, 5.74) is 1.69. The summed E-state index contributed by atoms with van der Waals surface area (Å²) in [6.07, 6.45) is 0. The minimum absolute atomic E-state index is 0.360. The van der Waals surface area contributed by atoms with Gasteiger partial charge in [0.15, 0.2) is 0 Å². The molecule has 0 spiro atoms. The fourth-order valence-electron chi connectivity index (χ4n) is 0.865. The molecule has 0 radical (unpaired) electrons. The summed E-state index contributed by atoms with van der Waals surface area (Å²) < 4.78 is 0. The van der Waals surface area contributed by atoms with E-state index in [0.717, 1.165) is 5.56 Å². The van der Waals surface area contributed by atoms with Crippen LogP contribution >= 0.6 is 11.6 Å². The summed E-state index contributed by atoms with van der Waals surface area (Å²) in [6, 6.07) is 6.78. The molecular formula is C9H6ClNO. The molecule has 0 aliphatic carbocycles. The monoisotopic (exact) mass is 179 g/mol. The van der Waals surface area contributed by atoms with Crippen molar-refractivity contribution in [3.63, 3.8) is 0 Å². The van der Waals surface area contributed by atoms with Crippen molar-refractivity contribution < 1.29 is 4.79 Å². The molecular weight excluding hydrogens is 174 g/mol. The minimum atomic E-state index is -0.536. The largest absolute Gasteiger partial charge is 0.276 e. The lowest BCUT2D eigenvalue weighted by atomic mass is 10.1. The smallest absolute Gasteiger partial charge is 0.252 e. The quantitative estimate of drug-likeness (QED) is 0.621. The average molecular weight is 180 g/mol. The van der Waals surface area contributed by atoms with Gasteiger partial charge in [0.1, 0.15) is 0 Å². The molecule has 0 fully saturated rings. The van der Waals surface area contributed by atoms with Gasteiger partial charge in [0, 0.05) is 5.56 Å². The summed E-state index contributed by atoms with van der Waals surface area (Å²) >= 11 is 5.24. The SMILES string of the molecule is Cc1ccc(C(=O)Cl)cc1C#N. The van der Waals surface area contributed by atoms with Gasteiger partial charge in [-0.15, -0.1) is 0 Å². The zero-order valence-electron chi connectivity index (χ0n) is 6.47. The number of hydrogen-bond donors (Lipinski definition) is 0. The standard InChI is InChI=1S/C9H6ClNO/c1-6-2-3-7(9(10)12)4-8(6)5-11/h2-4H,1H3. The van der Waals surface area contributed by atoms with E-state index in [1.807, 2.05) is 6.07 Å². The Morgan fingerprint density at radius 1 is 1.58 bits per heavy atom.